The zero-order valence-electron chi connectivity index (χ0n) is 21.3. The summed E-state index contributed by atoms with van der Waals surface area (Å²) in [6.45, 7) is 2.24. The van der Waals surface area contributed by atoms with Crippen LogP contribution >= 0.6 is 7.82 Å². The van der Waals surface area contributed by atoms with Gasteiger partial charge in [0.15, 0.2) is 11.5 Å². The van der Waals surface area contributed by atoms with E-state index in [1.165, 1.54) is 26.4 Å². The molecular formula is C27H28FN2O7P. The number of aryl methyl sites for hydroxylation is 1. The summed E-state index contributed by atoms with van der Waals surface area (Å²) in [6.07, 6.45) is 3.77. The third kappa shape index (κ3) is 5.83. The number of carbonyl (C=O) groups excluding carboxylic acids is 1. The third-order valence-corrected chi connectivity index (χ3v) is 6.73. The Morgan fingerprint density at radius 2 is 1.79 bits per heavy atom. The predicted octanol–water partition coefficient (Wildman–Crippen LogP) is 4.69. The number of benzene rings is 2. The average Bonchev–Trinajstić information content (AvgIpc) is 3.38. The minimum Gasteiger partial charge on any atom is -0.493 e. The Morgan fingerprint density at radius 1 is 1.11 bits per heavy atom. The van der Waals surface area contributed by atoms with Crippen LogP contribution in [0.15, 0.2) is 54.2 Å². The minimum absolute atomic E-state index is 0.0544. The molecule has 9 nitrogen and oxygen atoms in total. The second-order valence-corrected chi connectivity index (χ2v) is 9.92. The van der Waals surface area contributed by atoms with Crippen LogP contribution in [0.4, 0.5) is 4.39 Å². The van der Waals surface area contributed by atoms with E-state index in [-0.39, 0.29) is 29.6 Å². The van der Waals surface area contributed by atoms with Crippen molar-refractivity contribution in [2.75, 3.05) is 14.2 Å². The van der Waals surface area contributed by atoms with E-state index in [1.807, 2.05) is 42.9 Å². The number of hydrogen-bond acceptors (Lipinski definition) is 5. The van der Waals surface area contributed by atoms with E-state index in [4.69, 9.17) is 14.0 Å². The maximum absolute atomic E-state index is 14.3. The Hall–Kier alpha value is -3.85. The van der Waals surface area contributed by atoms with Gasteiger partial charge in [-0.25, -0.2) is 8.96 Å². The SMILES string of the molecule is COc1cc(/C=C2/C(C)=C(CC(=O)NCc3cccn3C)c3cc(F)ccc32)cc(OC)c1OP(=O)(O)O. The van der Waals surface area contributed by atoms with E-state index >= 15 is 0 Å². The zero-order chi connectivity index (χ0) is 27.6. The number of halogens is 1. The number of carbonyl (C=O) groups is 1. The van der Waals surface area contributed by atoms with Crippen LogP contribution < -0.4 is 19.3 Å². The first-order valence-electron chi connectivity index (χ1n) is 11.6. The van der Waals surface area contributed by atoms with E-state index in [0.717, 1.165) is 22.4 Å². The number of amides is 1. The standard InChI is InChI=1S/C27H28FN2O7P/c1-16-21(10-17-11-24(35-3)27(25(12-17)36-4)37-38(32,33)34)20-8-7-18(28)13-23(20)22(16)14-26(31)29-15-19-6-5-9-30(19)2/h5-13H,14-15H2,1-4H3,(H,29,31)(H2,32,33,34)/b21-10-. The first-order valence-corrected chi connectivity index (χ1v) is 13.1. The summed E-state index contributed by atoms with van der Waals surface area (Å²) in [5.74, 6) is -0.735. The van der Waals surface area contributed by atoms with Crippen LogP contribution in [-0.4, -0.2) is 34.5 Å². The van der Waals surface area contributed by atoms with E-state index in [1.54, 1.807) is 18.2 Å². The smallest absolute Gasteiger partial charge is 0.493 e. The van der Waals surface area contributed by atoms with E-state index in [9.17, 15) is 23.5 Å². The fourth-order valence-electron chi connectivity index (χ4n) is 4.43. The summed E-state index contributed by atoms with van der Waals surface area (Å²) in [6, 6.07) is 11.3. The van der Waals surface area contributed by atoms with Crippen LogP contribution in [0.25, 0.3) is 17.2 Å². The zero-order valence-corrected chi connectivity index (χ0v) is 22.2. The lowest BCUT2D eigenvalue weighted by molar-refractivity contribution is -0.120. The maximum Gasteiger partial charge on any atom is 0.525 e. The lowest BCUT2D eigenvalue weighted by atomic mass is 10.00. The number of fused-ring (bicyclic) bond motifs is 1. The van der Waals surface area contributed by atoms with Crippen molar-refractivity contribution in [2.45, 2.75) is 19.9 Å². The van der Waals surface area contributed by atoms with Gasteiger partial charge in [0.05, 0.1) is 27.2 Å². The van der Waals surface area contributed by atoms with Crippen molar-refractivity contribution in [1.29, 1.82) is 0 Å². The van der Waals surface area contributed by atoms with Crippen molar-refractivity contribution in [1.82, 2.24) is 9.88 Å². The number of allylic oxidation sites excluding steroid dienone is 2. The van der Waals surface area contributed by atoms with Crippen molar-refractivity contribution in [3.05, 3.63) is 82.4 Å². The average molecular weight is 543 g/mol. The number of nitrogens with one attached hydrogen (secondary N) is 1. The Morgan fingerprint density at radius 3 is 2.37 bits per heavy atom. The highest BCUT2D eigenvalue weighted by atomic mass is 31.2. The molecule has 3 N–H and O–H groups in total. The number of ether oxygens (including phenoxy) is 2. The summed E-state index contributed by atoms with van der Waals surface area (Å²) in [5, 5.41) is 2.92. The second-order valence-electron chi connectivity index (χ2n) is 8.75. The van der Waals surface area contributed by atoms with Crippen LogP contribution in [0.5, 0.6) is 17.2 Å². The first-order chi connectivity index (χ1) is 18.0. The number of nitrogens with zero attached hydrogens (tertiary/aromatic N) is 1. The Balaban J connectivity index is 1.71. The van der Waals surface area contributed by atoms with Crippen LogP contribution in [0.2, 0.25) is 0 Å². The molecule has 0 bridgehead atoms. The third-order valence-electron chi connectivity index (χ3n) is 6.31. The molecule has 0 unspecified atom stereocenters. The van der Waals surface area contributed by atoms with Crippen LogP contribution in [0.3, 0.4) is 0 Å². The molecule has 0 atom stereocenters. The molecule has 4 rings (SSSR count). The number of phosphoric acid groups is 1. The number of phosphoric ester groups is 1. The summed E-state index contributed by atoms with van der Waals surface area (Å²) < 4.78 is 43.0. The summed E-state index contributed by atoms with van der Waals surface area (Å²) >= 11 is 0. The van der Waals surface area contributed by atoms with Gasteiger partial charge < -0.3 is 23.9 Å². The fourth-order valence-corrected chi connectivity index (χ4v) is 4.85. The fraction of sp³-hybridized carbons (Fsp3) is 0.222. The predicted molar refractivity (Wildman–Crippen MR) is 141 cm³/mol. The molecule has 0 radical (unpaired) electrons. The molecule has 0 saturated carbocycles. The van der Waals surface area contributed by atoms with Gasteiger partial charge in [-0.05, 0) is 82.8 Å². The molecule has 2 aromatic carbocycles. The van der Waals surface area contributed by atoms with Gasteiger partial charge in [0.25, 0.3) is 0 Å². The first kappa shape index (κ1) is 27.2. The van der Waals surface area contributed by atoms with E-state index in [2.05, 4.69) is 5.32 Å². The summed E-state index contributed by atoms with van der Waals surface area (Å²) in [5.41, 5.74) is 5.18. The molecule has 1 amide bonds. The molecule has 200 valence electrons. The molecule has 3 aromatic rings. The Kier molecular flexibility index (Phi) is 7.78. The van der Waals surface area contributed by atoms with Gasteiger partial charge in [-0.1, -0.05) is 6.07 Å². The summed E-state index contributed by atoms with van der Waals surface area (Å²) in [4.78, 5) is 31.4. The molecule has 0 fully saturated rings. The molecule has 0 saturated heterocycles. The molecule has 0 spiro atoms. The van der Waals surface area contributed by atoms with Crippen molar-refractivity contribution in [3.8, 4) is 17.2 Å². The molecule has 11 heteroatoms. The number of rotatable bonds is 9. The van der Waals surface area contributed by atoms with Crippen LogP contribution in [0.1, 0.15) is 35.7 Å². The highest BCUT2D eigenvalue weighted by Gasteiger charge is 2.27. The largest absolute Gasteiger partial charge is 0.525 e. The normalized spacial score (nSPS) is 14.0. The summed E-state index contributed by atoms with van der Waals surface area (Å²) in [7, 11) is -0.303. The number of hydrogen-bond donors (Lipinski definition) is 3. The molecule has 38 heavy (non-hydrogen) atoms. The number of methoxy groups -OCH3 is 2. The van der Waals surface area contributed by atoms with E-state index < -0.39 is 13.6 Å². The van der Waals surface area contributed by atoms with Gasteiger partial charge in [0, 0.05) is 18.9 Å². The Bertz CT molecular complexity index is 1480. The van der Waals surface area contributed by atoms with Gasteiger partial charge in [-0.2, -0.15) is 0 Å². The van der Waals surface area contributed by atoms with Gasteiger partial charge in [0.2, 0.25) is 11.7 Å². The van der Waals surface area contributed by atoms with Crippen molar-refractivity contribution in [3.63, 3.8) is 0 Å². The molecule has 0 aliphatic heterocycles. The highest BCUT2D eigenvalue weighted by Crippen LogP contribution is 2.49. The van der Waals surface area contributed by atoms with Gasteiger partial charge >= 0.3 is 7.82 Å². The Labute approximate surface area is 219 Å². The molecule has 1 aliphatic carbocycles. The maximum atomic E-state index is 14.3. The van der Waals surface area contributed by atoms with Crippen molar-refractivity contribution in [2.24, 2.45) is 7.05 Å². The van der Waals surface area contributed by atoms with Crippen molar-refractivity contribution >= 4 is 31.0 Å². The van der Waals surface area contributed by atoms with Gasteiger partial charge in [-0.15, -0.1) is 0 Å². The van der Waals surface area contributed by atoms with E-state index in [0.29, 0.717) is 23.2 Å². The van der Waals surface area contributed by atoms with Gasteiger partial charge in [-0.3, -0.25) is 14.6 Å². The van der Waals surface area contributed by atoms with Crippen LogP contribution in [0, 0.1) is 5.82 Å². The molecule has 1 aromatic heterocycles. The van der Waals surface area contributed by atoms with Crippen LogP contribution in [-0.2, 0) is 23.0 Å². The second kappa shape index (κ2) is 10.9. The highest BCUT2D eigenvalue weighted by molar-refractivity contribution is 7.46. The lowest BCUT2D eigenvalue weighted by Gasteiger charge is -2.16. The van der Waals surface area contributed by atoms with Gasteiger partial charge in [0.1, 0.15) is 5.82 Å². The molecular weight excluding hydrogens is 514 g/mol. The lowest BCUT2D eigenvalue weighted by Crippen LogP contribution is -2.23. The topological polar surface area (TPSA) is 119 Å². The molecule has 1 heterocycles. The minimum atomic E-state index is -4.87. The quantitative estimate of drug-likeness (QED) is 0.336. The monoisotopic (exact) mass is 542 g/mol. The van der Waals surface area contributed by atoms with Crippen molar-refractivity contribution < 1.29 is 37.5 Å². The molecule has 1 aliphatic rings. The number of aromatic nitrogens is 1.